The molecule has 2 rings (SSSR count). The van der Waals surface area contributed by atoms with Crippen LogP contribution in [-0.2, 0) is 16.0 Å². The van der Waals surface area contributed by atoms with Crippen molar-refractivity contribution in [2.75, 3.05) is 13.1 Å². The average molecular weight is 285 g/mol. The van der Waals surface area contributed by atoms with Gasteiger partial charge in [0, 0.05) is 6.54 Å². The van der Waals surface area contributed by atoms with Crippen molar-refractivity contribution in [3.63, 3.8) is 0 Å². The number of nitrogens with zero attached hydrogens (tertiary/aromatic N) is 1. The van der Waals surface area contributed by atoms with Crippen LogP contribution in [0.2, 0.25) is 0 Å². The molecule has 0 aliphatic carbocycles. The molecule has 1 amide bonds. The third-order valence-corrected chi connectivity index (χ3v) is 3.39. The lowest BCUT2D eigenvalue weighted by Crippen LogP contribution is -2.37. The summed E-state index contributed by atoms with van der Waals surface area (Å²) in [7, 11) is 0. The summed E-state index contributed by atoms with van der Waals surface area (Å²) in [5.74, 6) is -1.12. The number of fused-ring (bicyclic) bond motifs is 1. The first-order valence-corrected chi connectivity index (χ1v) is 7.08. The maximum Gasteiger partial charge on any atom is 0.323 e. The molecular formula is C17H19NO3. The van der Waals surface area contributed by atoms with Crippen molar-refractivity contribution in [2.45, 2.75) is 19.8 Å². The summed E-state index contributed by atoms with van der Waals surface area (Å²) in [6.07, 6.45) is 0.975. The van der Waals surface area contributed by atoms with Crippen molar-refractivity contribution in [1.29, 1.82) is 0 Å². The van der Waals surface area contributed by atoms with Crippen LogP contribution in [0.15, 0.2) is 42.5 Å². The number of benzene rings is 2. The van der Waals surface area contributed by atoms with Gasteiger partial charge in [0.1, 0.15) is 6.54 Å². The Labute approximate surface area is 124 Å². The van der Waals surface area contributed by atoms with Gasteiger partial charge in [-0.05, 0) is 22.8 Å². The van der Waals surface area contributed by atoms with E-state index in [2.05, 4.69) is 0 Å². The van der Waals surface area contributed by atoms with Crippen LogP contribution in [0.5, 0.6) is 0 Å². The monoisotopic (exact) mass is 285 g/mol. The second kappa shape index (κ2) is 6.88. The number of hydrogen-bond donors (Lipinski definition) is 1. The summed E-state index contributed by atoms with van der Waals surface area (Å²) in [5.41, 5.74) is 0.935. The molecule has 4 heteroatoms. The third kappa shape index (κ3) is 3.81. The molecule has 0 spiro atoms. The molecule has 0 heterocycles. The van der Waals surface area contributed by atoms with Crippen molar-refractivity contribution in [3.05, 3.63) is 48.0 Å². The first-order chi connectivity index (χ1) is 10.1. The second-order valence-corrected chi connectivity index (χ2v) is 5.02. The zero-order chi connectivity index (χ0) is 15.2. The fourth-order valence-corrected chi connectivity index (χ4v) is 2.45. The molecular weight excluding hydrogens is 266 g/mol. The van der Waals surface area contributed by atoms with Crippen molar-refractivity contribution in [1.82, 2.24) is 4.90 Å². The Hall–Kier alpha value is -2.36. The lowest BCUT2D eigenvalue weighted by molar-refractivity contribution is -0.144. The van der Waals surface area contributed by atoms with E-state index in [4.69, 9.17) is 5.11 Å². The summed E-state index contributed by atoms with van der Waals surface area (Å²) in [4.78, 5) is 24.6. The van der Waals surface area contributed by atoms with E-state index in [1.165, 1.54) is 4.90 Å². The van der Waals surface area contributed by atoms with E-state index in [1.54, 1.807) is 0 Å². The number of carboxylic acids is 1. The highest BCUT2D eigenvalue weighted by Gasteiger charge is 2.17. The Morgan fingerprint density at radius 3 is 2.52 bits per heavy atom. The standard InChI is InChI=1S/C17H19NO3/c1-2-10-18(12-17(20)21)16(19)11-14-8-5-7-13-6-3-4-9-15(13)14/h3-9H,2,10-12H2,1H3,(H,20,21). The van der Waals surface area contributed by atoms with Crippen molar-refractivity contribution >= 4 is 22.6 Å². The highest BCUT2D eigenvalue weighted by atomic mass is 16.4. The van der Waals surface area contributed by atoms with Gasteiger partial charge in [0.2, 0.25) is 5.91 Å². The van der Waals surface area contributed by atoms with Crippen LogP contribution < -0.4 is 0 Å². The number of hydrogen-bond acceptors (Lipinski definition) is 2. The van der Waals surface area contributed by atoms with Gasteiger partial charge < -0.3 is 10.0 Å². The SMILES string of the molecule is CCCN(CC(=O)O)C(=O)Cc1cccc2ccccc12. The maximum absolute atomic E-state index is 12.3. The quantitative estimate of drug-likeness (QED) is 0.887. The normalized spacial score (nSPS) is 10.5. The van der Waals surface area contributed by atoms with E-state index in [-0.39, 0.29) is 18.9 Å². The molecule has 4 nitrogen and oxygen atoms in total. The first-order valence-electron chi connectivity index (χ1n) is 7.08. The van der Waals surface area contributed by atoms with Gasteiger partial charge in [-0.25, -0.2) is 0 Å². The van der Waals surface area contributed by atoms with Gasteiger partial charge in [-0.2, -0.15) is 0 Å². The Bertz CT molecular complexity index is 646. The summed E-state index contributed by atoms with van der Waals surface area (Å²) in [6, 6.07) is 13.7. The predicted octanol–water partition coefficient (Wildman–Crippen LogP) is 2.71. The molecule has 0 saturated carbocycles. The minimum Gasteiger partial charge on any atom is -0.480 e. The molecule has 0 bridgehead atoms. The number of rotatable bonds is 6. The van der Waals surface area contributed by atoms with Gasteiger partial charge in [-0.15, -0.1) is 0 Å². The molecule has 0 saturated heterocycles. The zero-order valence-corrected chi connectivity index (χ0v) is 12.1. The topological polar surface area (TPSA) is 57.6 Å². The molecule has 21 heavy (non-hydrogen) atoms. The minimum atomic E-state index is -0.977. The molecule has 0 unspecified atom stereocenters. The lowest BCUT2D eigenvalue weighted by atomic mass is 10.0. The molecule has 2 aromatic rings. The summed E-state index contributed by atoms with van der Waals surface area (Å²) < 4.78 is 0. The Morgan fingerprint density at radius 1 is 1.10 bits per heavy atom. The fraction of sp³-hybridized carbons (Fsp3) is 0.294. The zero-order valence-electron chi connectivity index (χ0n) is 12.1. The van der Waals surface area contributed by atoms with Crippen LogP contribution >= 0.6 is 0 Å². The Kier molecular flexibility index (Phi) is 4.93. The third-order valence-electron chi connectivity index (χ3n) is 3.39. The van der Waals surface area contributed by atoms with Gasteiger partial charge in [0.05, 0.1) is 6.42 Å². The van der Waals surface area contributed by atoms with Crippen molar-refractivity contribution in [3.8, 4) is 0 Å². The first kappa shape index (κ1) is 15.0. The van der Waals surface area contributed by atoms with Gasteiger partial charge in [-0.3, -0.25) is 9.59 Å². The largest absolute Gasteiger partial charge is 0.480 e. The molecule has 2 aromatic carbocycles. The van der Waals surface area contributed by atoms with Gasteiger partial charge in [0.15, 0.2) is 0 Å². The predicted molar refractivity (Wildman–Crippen MR) is 82.2 cm³/mol. The van der Waals surface area contributed by atoms with E-state index in [1.807, 2.05) is 49.4 Å². The number of carbonyl (C=O) groups is 2. The maximum atomic E-state index is 12.3. The van der Waals surface area contributed by atoms with Crippen LogP contribution in [0, 0.1) is 0 Å². The molecule has 0 radical (unpaired) electrons. The van der Waals surface area contributed by atoms with Gasteiger partial charge in [0.25, 0.3) is 0 Å². The smallest absolute Gasteiger partial charge is 0.323 e. The van der Waals surface area contributed by atoms with Crippen LogP contribution in [-0.4, -0.2) is 35.0 Å². The highest BCUT2D eigenvalue weighted by Crippen LogP contribution is 2.19. The highest BCUT2D eigenvalue weighted by molar-refractivity contribution is 5.91. The average Bonchev–Trinajstić information content (AvgIpc) is 2.47. The summed E-state index contributed by atoms with van der Waals surface area (Å²) in [6.45, 7) is 2.16. The summed E-state index contributed by atoms with van der Waals surface area (Å²) in [5, 5.41) is 11.0. The van der Waals surface area contributed by atoms with E-state index in [0.717, 1.165) is 22.8 Å². The van der Waals surface area contributed by atoms with Crippen LogP contribution in [0.25, 0.3) is 10.8 Å². The lowest BCUT2D eigenvalue weighted by Gasteiger charge is -2.20. The molecule has 1 N–H and O–H groups in total. The fourth-order valence-electron chi connectivity index (χ4n) is 2.45. The van der Waals surface area contributed by atoms with Gasteiger partial charge >= 0.3 is 5.97 Å². The van der Waals surface area contributed by atoms with Crippen molar-refractivity contribution < 1.29 is 14.7 Å². The molecule has 0 aliphatic rings. The Morgan fingerprint density at radius 2 is 1.81 bits per heavy atom. The molecule has 0 fully saturated rings. The van der Waals surface area contributed by atoms with E-state index < -0.39 is 5.97 Å². The van der Waals surface area contributed by atoms with Gasteiger partial charge in [-0.1, -0.05) is 49.4 Å². The van der Waals surface area contributed by atoms with E-state index in [9.17, 15) is 9.59 Å². The molecule has 0 aromatic heterocycles. The number of carbonyl (C=O) groups excluding carboxylic acids is 1. The van der Waals surface area contributed by atoms with Crippen LogP contribution in [0.3, 0.4) is 0 Å². The summed E-state index contributed by atoms with van der Waals surface area (Å²) >= 11 is 0. The molecule has 0 atom stereocenters. The van der Waals surface area contributed by atoms with E-state index in [0.29, 0.717) is 6.54 Å². The minimum absolute atomic E-state index is 0.143. The number of carboxylic acid groups (broad SMARTS) is 1. The number of amides is 1. The van der Waals surface area contributed by atoms with Crippen LogP contribution in [0.4, 0.5) is 0 Å². The molecule has 110 valence electrons. The van der Waals surface area contributed by atoms with E-state index >= 15 is 0 Å². The molecule has 0 aliphatic heterocycles. The second-order valence-electron chi connectivity index (χ2n) is 5.02. The Balaban J connectivity index is 2.21. The number of aliphatic carboxylic acids is 1. The van der Waals surface area contributed by atoms with Crippen molar-refractivity contribution in [2.24, 2.45) is 0 Å². The van der Waals surface area contributed by atoms with Crippen LogP contribution in [0.1, 0.15) is 18.9 Å².